The maximum Gasteiger partial charge on any atom is 0.380 e. The van der Waals surface area contributed by atoms with Gasteiger partial charge in [-0.25, -0.2) is 0 Å². The summed E-state index contributed by atoms with van der Waals surface area (Å²) in [6, 6.07) is 7.69. The van der Waals surface area contributed by atoms with E-state index in [4.69, 9.17) is 9.32 Å². The Bertz CT molecular complexity index is 1310. The number of nitrogens with one attached hydrogen (secondary N) is 1. The van der Waals surface area contributed by atoms with Crippen molar-refractivity contribution in [3.8, 4) is 5.75 Å². The van der Waals surface area contributed by atoms with Crippen LogP contribution in [0.1, 0.15) is 74.1 Å². The molecule has 0 aliphatic heterocycles. The standard InChI is InChI=1S/C28H35N3O5S/c1-3-18-11-23-19(13-25(18)36-37(29,34)35)6-7-22-21(23)8-9-28(2)24(22)12-20(27(28)33)14-26(32)31-16-17-5-4-10-30-15-17/h4-5,10-11,13,15,20-22,24H,3,6-9,12,14,16H2,1-2H3,(H,31,32)(H2,29,34,35)/t20?,21?,22?,24?,28-/m0/s1. The van der Waals surface area contributed by atoms with Gasteiger partial charge in [-0.15, -0.1) is 0 Å². The predicted molar refractivity (Wildman–Crippen MR) is 139 cm³/mol. The second-order valence-corrected chi connectivity index (χ2v) is 12.3. The van der Waals surface area contributed by atoms with Crippen LogP contribution in [0.2, 0.25) is 0 Å². The van der Waals surface area contributed by atoms with Crippen molar-refractivity contribution in [3.63, 3.8) is 0 Å². The van der Waals surface area contributed by atoms with Crippen LogP contribution < -0.4 is 14.6 Å². The molecular formula is C28H35N3O5S. The molecule has 0 saturated heterocycles. The van der Waals surface area contributed by atoms with Crippen molar-refractivity contribution in [2.75, 3.05) is 0 Å². The largest absolute Gasteiger partial charge is 0.380 e. The van der Waals surface area contributed by atoms with E-state index >= 15 is 0 Å². The average molecular weight is 526 g/mol. The molecule has 4 unspecified atom stereocenters. The van der Waals surface area contributed by atoms with Crippen LogP contribution in [0.3, 0.4) is 0 Å². The van der Waals surface area contributed by atoms with Crippen molar-refractivity contribution in [1.82, 2.24) is 10.3 Å². The van der Waals surface area contributed by atoms with Crippen molar-refractivity contribution < 1.29 is 22.2 Å². The molecule has 1 heterocycles. The van der Waals surface area contributed by atoms with Gasteiger partial charge in [0.05, 0.1) is 0 Å². The molecule has 0 radical (unpaired) electrons. The molecule has 0 bridgehead atoms. The summed E-state index contributed by atoms with van der Waals surface area (Å²) in [6.07, 6.45) is 8.49. The van der Waals surface area contributed by atoms with Gasteiger partial charge in [0.25, 0.3) is 0 Å². The number of nitrogens with zero attached hydrogens (tertiary/aromatic N) is 1. The normalized spacial score (nSPS) is 28.7. The molecule has 3 aliphatic carbocycles. The first-order chi connectivity index (χ1) is 17.6. The van der Waals surface area contributed by atoms with E-state index in [0.717, 1.165) is 48.8 Å². The molecule has 2 saturated carbocycles. The molecule has 0 spiro atoms. The molecule has 198 valence electrons. The minimum absolute atomic E-state index is 0.0926. The zero-order valence-electron chi connectivity index (χ0n) is 21.4. The molecule has 9 heteroatoms. The lowest BCUT2D eigenvalue weighted by Crippen LogP contribution is -2.42. The molecule has 1 amide bonds. The molecule has 37 heavy (non-hydrogen) atoms. The van der Waals surface area contributed by atoms with E-state index < -0.39 is 15.7 Å². The van der Waals surface area contributed by atoms with Gasteiger partial charge in [0.1, 0.15) is 11.5 Å². The summed E-state index contributed by atoms with van der Waals surface area (Å²) >= 11 is 0. The van der Waals surface area contributed by atoms with Gasteiger partial charge in [-0.2, -0.15) is 13.6 Å². The molecule has 3 N–H and O–H groups in total. The van der Waals surface area contributed by atoms with E-state index in [1.54, 1.807) is 12.4 Å². The third-order valence-electron chi connectivity index (χ3n) is 9.00. The van der Waals surface area contributed by atoms with Gasteiger partial charge >= 0.3 is 10.3 Å². The number of aryl methyl sites for hydroxylation is 2. The highest BCUT2D eigenvalue weighted by Crippen LogP contribution is 2.61. The van der Waals surface area contributed by atoms with Gasteiger partial charge in [0, 0.05) is 36.7 Å². The molecule has 8 nitrogen and oxygen atoms in total. The third kappa shape index (κ3) is 5.03. The summed E-state index contributed by atoms with van der Waals surface area (Å²) in [5.74, 6) is 1.15. The summed E-state index contributed by atoms with van der Waals surface area (Å²) in [5, 5.41) is 8.09. The first kappa shape index (κ1) is 25.9. The molecule has 5 rings (SSSR count). The number of pyridine rings is 1. The topological polar surface area (TPSA) is 128 Å². The number of benzene rings is 1. The second kappa shape index (κ2) is 9.83. The number of carbonyl (C=O) groups is 2. The van der Waals surface area contributed by atoms with Crippen LogP contribution in [-0.4, -0.2) is 25.1 Å². The number of Topliss-reactive ketones (excluding diaryl/α,β-unsaturated/α-hetero) is 1. The Kier molecular flexibility index (Phi) is 6.87. The summed E-state index contributed by atoms with van der Waals surface area (Å²) < 4.78 is 28.2. The van der Waals surface area contributed by atoms with Gasteiger partial charge < -0.3 is 9.50 Å². The number of nitrogens with two attached hydrogens (primary N) is 1. The van der Waals surface area contributed by atoms with Gasteiger partial charge in [0.15, 0.2) is 0 Å². The van der Waals surface area contributed by atoms with E-state index in [1.165, 1.54) is 5.56 Å². The third-order valence-corrected chi connectivity index (χ3v) is 9.41. The number of hydrogen-bond acceptors (Lipinski definition) is 6. The van der Waals surface area contributed by atoms with Crippen LogP contribution in [0.15, 0.2) is 36.7 Å². The Labute approximate surface area is 218 Å². The van der Waals surface area contributed by atoms with E-state index in [2.05, 4.69) is 23.3 Å². The van der Waals surface area contributed by atoms with Gasteiger partial charge in [-0.3, -0.25) is 14.6 Å². The Morgan fingerprint density at radius 3 is 2.81 bits per heavy atom. The fourth-order valence-corrected chi connectivity index (χ4v) is 7.65. The second-order valence-electron chi connectivity index (χ2n) is 11.1. The van der Waals surface area contributed by atoms with E-state index in [1.807, 2.05) is 25.1 Å². The zero-order chi connectivity index (χ0) is 26.4. The van der Waals surface area contributed by atoms with Crippen LogP contribution in [0, 0.1) is 23.2 Å². The summed E-state index contributed by atoms with van der Waals surface area (Å²) in [7, 11) is -4.10. The highest BCUT2D eigenvalue weighted by atomic mass is 32.2. The minimum Gasteiger partial charge on any atom is -0.371 e. The summed E-state index contributed by atoms with van der Waals surface area (Å²) in [5.41, 5.74) is 3.73. The maximum atomic E-state index is 13.6. The molecule has 5 atom stereocenters. The highest BCUT2D eigenvalue weighted by Gasteiger charge is 2.58. The van der Waals surface area contributed by atoms with Crippen LogP contribution in [0.25, 0.3) is 0 Å². The van der Waals surface area contributed by atoms with Gasteiger partial charge in [0.2, 0.25) is 5.91 Å². The Morgan fingerprint density at radius 2 is 2.11 bits per heavy atom. The molecule has 2 aromatic rings. The maximum absolute atomic E-state index is 13.6. The molecule has 1 aromatic heterocycles. The van der Waals surface area contributed by atoms with Crippen molar-refractivity contribution in [2.45, 2.75) is 71.3 Å². The van der Waals surface area contributed by atoms with Crippen LogP contribution >= 0.6 is 0 Å². The quantitative estimate of drug-likeness (QED) is 0.569. The smallest absolute Gasteiger partial charge is 0.371 e. The SMILES string of the molecule is CCc1cc2c(cc1OS(N)(=O)=O)CCC1C2CC[C@]2(C)C(=O)C(CC(=O)NCc3cccnc3)CC12. The number of hydrogen-bond donors (Lipinski definition) is 2. The first-order valence-electron chi connectivity index (χ1n) is 13.2. The number of aromatic nitrogens is 1. The lowest BCUT2D eigenvalue weighted by atomic mass is 9.55. The van der Waals surface area contributed by atoms with Crippen molar-refractivity contribution >= 4 is 22.0 Å². The van der Waals surface area contributed by atoms with Crippen molar-refractivity contribution in [2.24, 2.45) is 28.3 Å². The number of fused-ring (bicyclic) bond motifs is 5. The van der Waals surface area contributed by atoms with Crippen molar-refractivity contribution in [3.05, 3.63) is 58.9 Å². The van der Waals surface area contributed by atoms with E-state index in [-0.39, 0.29) is 29.9 Å². The average Bonchev–Trinajstić information content (AvgIpc) is 3.11. The Morgan fingerprint density at radius 1 is 1.30 bits per heavy atom. The van der Waals surface area contributed by atoms with E-state index in [0.29, 0.717) is 30.6 Å². The minimum atomic E-state index is -4.10. The Hall–Kier alpha value is -2.78. The molecule has 1 aromatic carbocycles. The number of ketones is 1. The number of rotatable bonds is 7. The summed E-state index contributed by atoms with van der Waals surface area (Å²) in [4.78, 5) is 30.4. The zero-order valence-corrected chi connectivity index (χ0v) is 22.2. The van der Waals surface area contributed by atoms with E-state index in [9.17, 15) is 18.0 Å². The van der Waals surface area contributed by atoms with Crippen molar-refractivity contribution in [1.29, 1.82) is 0 Å². The predicted octanol–water partition coefficient (Wildman–Crippen LogP) is 3.58. The lowest BCUT2D eigenvalue weighted by Gasteiger charge is -2.48. The Balaban J connectivity index is 1.32. The van der Waals surface area contributed by atoms with Crippen LogP contribution in [0.4, 0.5) is 0 Å². The fourth-order valence-electron chi connectivity index (χ4n) is 7.24. The molecule has 2 fully saturated rings. The van der Waals surface area contributed by atoms with Crippen LogP contribution in [-0.2, 0) is 39.3 Å². The molecule has 3 aliphatic rings. The lowest BCUT2D eigenvalue weighted by molar-refractivity contribution is -0.134. The van der Waals surface area contributed by atoms with Gasteiger partial charge in [-0.1, -0.05) is 26.0 Å². The summed E-state index contributed by atoms with van der Waals surface area (Å²) in [6.45, 7) is 4.49. The first-order valence-corrected chi connectivity index (χ1v) is 14.6. The number of amides is 1. The number of carbonyl (C=O) groups excluding carboxylic acids is 2. The highest BCUT2D eigenvalue weighted by molar-refractivity contribution is 7.84. The van der Waals surface area contributed by atoms with Gasteiger partial charge in [-0.05, 0) is 90.7 Å². The van der Waals surface area contributed by atoms with Crippen LogP contribution in [0.5, 0.6) is 5.75 Å². The fraction of sp³-hybridized carbons (Fsp3) is 0.536. The molecular weight excluding hydrogens is 490 g/mol. The monoisotopic (exact) mass is 525 g/mol.